The van der Waals surface area contributed by atoms with Crippen LogP contribution in [0.1, 0.15) is 37.0 Å². The van der Waals surface area contributed by atoms with Crippen LogP contribution in [0.3, 0.4) is 0 Å². The van der Waals surface area contributed by atoms with Gasteiger partial charge in [0.05, 0.1) is 12.7 Å². The number of ether oxygens (including phenoxy) is 1. The molecule has 6 N–H and O–H groups in total. The first kappa shape index (κ1) is 20.4. The molecule has 2 heterocycles. The standard InChI is InChI=1S/C18H25FN6O2/c1-4-5-14(10(2)20)24-18-13(19)9-12(16(21)26)17(25-18)23-11-6-7-22-15(8-11)27-3/h6-10,14H,4-5,20H2,1-3H3,(H2,21,26)(H2,22,23,24,25). The van der Waals surface area contributed by atoms with Gasteiger partial charge in [-0.3, -0.25) is 4.79 Å². The molecule has 0 aliphatic carbocycles. The fourth-order valence-electron chi connectivity index (χ4n) is 2.56. The fraction of sp³-hybridized carbons (Fsp3) is 0.389. The number of aromatic nitrogens is 2. The molecule has 9 heteroatoms. The van der Waals surface area contributed by atoms with E-state index >= 15 is 0 Å². The van der Waals surface area contributed by atoms with Crippen LogP contribution in [-0.4, -0.2) is 35.1 Å². The molecule has 0 saturated carbocycles. The molecule has 0 bridgehead atoms. The van der Waals surface area contributed by atoms with Gasteiger partial charge in [0.1, 0.15) is 5.82 Å². The second-order valence-electron chi connectivity index (χ2n) is 6.19. The van der Waals surface area contributed by atoms with Gasteiger partial charge in [0.25, 0.3) is 5.91 Å². The number of hydrogen-bond acceptors (Lipinski definition) is 7. The summed E-state index contributed by atoms with van der Waals surface area (Å²) < 4.78 is 19.6. The van der Waals surface area contributed by atoms with Crippen molar-refractivity contribution in [3.05, 3.63) is 35.8 Å². The topological polar surface area (TPSA) is 128 Å². The lowest BCUT2D eigenvalue weighted by Crippen LogP contribution is -2.38. The number of methoxy groups -OCH3 is 1. The summed E-state index contributed by atoms with van der Waals surface area (Å²) in [4.78, 5) is 20.0. The van der Waals surface area contributed by atoms with Crippen LogP contribution in [0.4, 0.5) is 21.7 Å². The van der Waals surface area contributed by atoms with Crippen LogP contribution in [0.15, 0.2) is 24.4 Å². The zero-order chi connectivity index (χ0) is 20.0. The Morgan fingerprint density at radius 2 is 2.11 bits per heavy atom. The summed E-state index contributed by atoms with van der Waals surface area (Å²) in [5, 5.41) is 5.98. The first-order chi connectivity index (χ1) is 12.8. The van der Waals surface area contributed by atoms with E-state index in [1.807, 2.05) is 13.8 Å². The Morgan fingerprint density at radius 3 is 2.70 bits per heavy atom. The molecule has 146 valence electrons. The van der Waals surface area contributed by atoms with Crippen molar-refractivity contribution < 1.29 is 13.9 Å². The number of nitrogens with zero attached hydrogens (tertiary/aromatic N) is 2. The third kappa shape index (κ3) is 5.27. The summed E-state index contributed by atoms with van der Waals surface area (Å²) >= 11 is 0. The van der Waals surface area contributed by atoms with Crippen molar-refractivity contribution in [3.8, 4) is 5.88 Å². The van der Waals surface area contributed by atoms with Crippen LogP contribution in [0.5, 0.6) is 5.88 Å². The highest BCUT2D eigenvalue weighted by Gasteiger charge is 2.20. The molecule has 2 aromatic heterocycles. The first-order valence-electron chi connectivity index (χ1n) is 8.65. The Labute approximate surface area is 157 Å². The summed E-state index contributed by atoms with van der Waals surface area (Å²) in [6.07, 6.45) is 3.16. The molecule has 2 atom stereocenters. The Morgan fingerprint density at radius 1 is 1.37 bits per heavy atom. The molecule has 27 heavy (non-hydrogen) atoms. The number of primary amides is 1. The van der Waals surface area contributed by atoms with E-state index in [0.29, 0.717) is 11.6 Å². The highest BCUT2D eigenvalue weighted by Crippen LogP contribution is 2.25. The molecule has 2 rings (SSSR count). The summed E-state index contributed by atoms with van der Waals surface area (Å²) in [5.74, 6) is -0.975. The van der Waals surface area contributed by atoms with Gasteiger partial charge in [-0.15, -0.1) is 0 Å². The Bertz CT molecular complexity index is 799. The molecule has 0 spiro atoms. The van der Waals surface area contributed by atoms with Gasteiger partial charge in [-0.05, 0) is 25.5 Å². The zero-order valence-electron chi connectivity index (χ0n) is 15.6. The van der Waals surface area contributed by atoms with E-state index in [-0.39, 0.29) is 29.3 Å². The highest BCUT2D eigenvalue weighted by atomic mass is 19.1. The SMILES string of the molecule is CCCC(Nc1nc(Nc2ccnc(OC)c2)c(C(N)=O)cc1F)C(C)N. The Balaban J connectivity index is 2.40. The van der Waals surface area contributed by atoms with E-state index in [4.69, 9.17) is 16.2 Å². The largest absolute Gasteiger partial charge is 0.481 e. The maximum atomic E-state index is 14.5. The zero-order valence-corrected chi connectivity index (χ0v) is 15.6. The first-order valence-corrected chi connectivity index (χ1v) is 8.65. The van der Waals surface area contributed by atoms with Crippen LogP contribution >= 0.6 is 0 Å². The van der Waals surface area contributed by atoms with Crippen LogP contribution in [-0.2, 0) is 0 Å². The van der Waals surface area contributed by atoms with E-state index < -0.39 is 11.7 Å². The van der Waals surface area contributed by atoms with Crippen LogP contribution < -0.4 is 26.8 Å². The van der Waals surface area contributed by atoms with E-state index in [1.54, 1.807) is 12.1 Å². The second-order valence-corrected chi connectivity index (χ2v) is 6.19. The fourth-order valence-corrected chi connectivity index (χ4v) is 2.56. The van der Waals surface area contributed by atoms with Crippen molar-refractivity contribution in [1.29, 1.82) is 0 Å². The lowest BCUT2D eigenvalue weighted by molar-refractivity contribution is 0.100. The molecule has 1 amide bonds. The Kier molecular flexibility index (Phi) is 6.89. The van der Waals surface area contributed by atoms with Crippen LogP contribution in [0, 0.1) is 5.82 Å². The van der Waals surface area contributed by atoms with Crippen LogP contribution in [0.2, 0.25) is 0 Å². The predicted molar refractivity (Wildman–Crippen MR) is 103 cm³/mol. The molecule has 2 unspecified atom stereocenters. The molecule has 0 aliphatic heterocycles. The van der Waals surface area contributed by atoms with E-state index in [9.17, 15) is 9.18 Å². The summed E-state index contributed by atoms with van der Waals surface area (Å²) in [5.41, 5.74) is 11.8. The minimum atomic E-state index is -0.797. The molecule has 2 aromatic rings. The predicted octanol–water partition coefficient (Wildman–Crippen LogP) is 2.39. The normalized spacial score (nSPS) is 12.9. The van der Waals surface area contributed by atoms with E-state index in [2.05, 4.69) is 20.6 Å². The number of nitrogens with one attached hydrogen (secondary N) is 2. The molecule has 0 radical (unpaired) electrons. The number of hydrogen-bond donors (Lipinski definition) is 4. The summed E-state index contributed by atoms with van der Waals surface area (Å²) in [6, 6.07) is 3.97. The van der Waals surface area contributed by atoms with Crippen molar-refractivity contribution in [2.45, 2.75) is 38.8 Å². The summed E-state index contributed by atoms with van der Waals surface area (Å²) in [7, 11) is 1.49. The number of amides is 1. The molecule has 0 fully saturated rings. The van der Waals surface area contributed by atoms with Gasteiger partial charge in [-0.2, -0.15) is 0 Å². The molecule has 0 aliphatic rings. The van der Waals surface area contributed by atoms with Crippen molar-refractivity contribution in [3.63, 3.8) is 0 Å². The van der Waals surface area contributed by atoms with E-state index in [0.717, 1.165) is 18.9 Å². The minimum Gasteiger partial charge on any atom is -0.481 e. The van der Waals surface area contributed by atoms with Gasteiger partial charge >= 0.3 is 0 Å². The molecule has 0 aromatic carbocycles. The van der Waals surface area contributed by atoms with Crippen LogP contribution in [0.25, 0.3) is 0 Å². The second kappa shape index (κ2) is 9.13. The molecule has 8 nitrogen and oxygen atoms in total. The average molecular weight is 376 g/mol. The average Bonchev–Trinajstić information content (AvgIpc) is 2.63. The van der Waals surface area contributed by atoms with Crippen molar-refractivity contribution in [2.75, 3.05) is 17.7 Å². The number of carbonyl (C=O) groups is 1. The van der Waals surface area contributed by atoms with Gasteiger partial charge in [0.15, 0.2) is 11.6 Å². The monoisotopic (exact) mass is 376 g/mol. The smallest absolute Gasteiger partial charge is 0.252 e. The maximum absolute atomic E-state index is 14.5. The Hall–Kier alpha value is -2.94. The van der Waals surface area contributed by atoms with Crippen molar-refractivity contribution in [1.82, 2.24) is 9.97 Å². The molecule has 0 saturated heterocycles. The number of rotatable bonds is 9. The number of anilines is 3. The number of nitrogens with two attached hydrogens (primary N) is 2. The van der Waals surface area contributed by atoms with Gasteiger partial charge in [-0.1, -0.05) is 13.3 Å². The summed E-state index contributed by atoms with van der Waals surface area (Å²) in [6.45, 7) is 3.85. The number of carbonyl (C=O) groups excluding carboxylic acids is 1. The lowest BCUT2D eigenvalue weighted by atomic mass is 10.1. The number of halogens is 1. The van der Waals surface area contributed by atoms with Gasteiger partial charge in [0, 0.05) is 30.0 Å². The quantitative estimate of drug-likeness (QED) is 0.529. The third-order valence-electron chi connectivity index (χ3n) is 4.00. The van der Waals surface area contributed by atoms with Crippen molar-refractivity contribution in [2.24, 2.45) is 11.5 Å². The third-order valence-corrected chi connectivity index (χ3v) is 4.00. The lowest BCUT2D eigenvalue weighted by Gasteiger charge is -2.23. The van der Waals surface area contributed by atoms with E-state index in [1.165, 1.54) is 13.3 Å². The minimum absolute atomic E-state index is 0.000675. The molecular weight excluding hydrogens is 351 g/mol. The van der Waals surface area contributed by atoms with Gasteiger partial charge < -0.3 is 26.8 Å². The highest BCUT2D eigenvalue weighted by molar-refractivity contribution is 5.98. The van der Waals surface area contributed by atoms with Crippen molar-refractivity contribution >= 4 is 23.2 Å². The van der Waals surface area contributed by atoms with Gasteiger partial charge in [0.2, 0.25) is 5.88 Å². The molecular formula is C18H25FN6O2. The maximum Gasteiger partial charge on any atom is 0.252 e. The number of pyridine rings is 2. The van der Waals surface area contributed by atoms with Gasteiger partial charge in [-0.25, -0.2) is 14.4 Å².